The zero-order valence-electron chi connectivity index (χ0n) is 9.17. The summed E-state index contributed by atoms with van der Waals surface area (Å²) in [6.07, 6.45) is 0. The van der Waals surface area contributed by atoms with Crippen molar-refractivity contribution in [3.63, 3.8) is 0 Å². The van der Waals surface area contributed by atoms with Crippen LogP contribution in [0.5, 0.6) is 0 Å². The average molecular weight is 275 g/mol. The number of halogens is 3. The number of hydrogen-bond acceptors (Lipinski definition) is 4. The lowest BCUT2D eigenvalue weighted by atomic mass is 10.3. The fourth-order valence-electron chi connectivity index (χ4n) is 0.690. The molecule has 0 aliphatic heterocycles. The van der Waals surface area contributed by atoms with Crippen molar-refractivity contribution in [1.29, 1.82) is 0 Å². The Morgan fingerprint density at radius 3 is 2.29 bits per heavy atom. The standard InChI is InChI=1S/C8H12F3NO4S/c1-5(2)7(13)16-4-6(3)12-17(14,15)8(9,10)11/h6,12H,1,4H2,2-3H3. The molecule has 0 radical (unpaired) electrons. The molecule has 0 saturated carbocycles. The third-order valence-corrected chi connectivity index (χ3v) is 2.80. The Hall–Kier alpha value is -1.09. The average Bonchev–Trinajstić information content (AvgIpc) is 2.11. The van der Waals surface area contributed by atoms with E-state index in [-0.39, 0.29) is 5.57 Å². The van der Waals surface area contributed by atoms with E-state index in [9.17, 15) is 26.4 Å². The van der Waals surface area contributed by atoms with Gasteiger partial charge in [0.2, 0.25) is 0 Å². The number of nitrogens with one attached hydrogen (secondary N) is 1. The summed E-state index contributed by atoms with van der Waals surface area (Å²) in [4.78, 5) is 10.9. The van der Waals surface area contributed by atoms with Gasteiger partial charge >= 0.3 is 21.5 Å². The van der Waals surface area contributed by atoms with Crippen LogP contribution in [0.15, 0.2) is 12.2 Å². The van der Waals surface area contributed by atoms with E-state index in [1.807, 2.05) is 0 Å². The van der Waals surface area contributed by atoms with Crippen LogP contribution in [0.4, 0.5) is 13.2 Å². The number of hydrogen-bond donors (Lipinski definition) is 1. The van der Waals surface area contributed by atoms with Gasteiger partial charge in [-0.25, -0.2) is 17.9 Å². The largest absolute Gasteiger partial charge is 0.511 e. The molecule has 0 amide bonds. The molecular weight excluding hydrogens is 263 g/mol. The Balaban J connectivity index is 4.35. The van der Waals surface area contributed by atoms with Gasteiger partial charge in [-0.3, -0.25) is 0 Å². The molecule has 1 unspecified atom stereocenters. The SMILES string of the molecule is C=C(C)C(=O)OCC(C)NS(=O)(=O)C(F)(F)F. The number of carbonyl (C=O) groups excluding carboxylic acids is 1. The van der Waals surface area contributed by atoms with Crippen LogP contribution in [0.1, 0.15) is 13.8 Å². The highest BCUT2D eigenvalue weighted by Crippen LogP contribution is 2.21. The predicted molar refractivity (Wildman–Crippen MR) is 53.3 cm³/mol. The van der Waals surface area contributed by atoms with E-state index in [1.165, 1.54) is 11.6 Å². The van der Waals surface area contributed by atoms with Gasteiger partial charge in [-0.1, -0.05) is 6.58 Å². The molecular formula is C8H12F3NO4S. The summed E-state index contributed by atoms with van der Waals surface area (Å²) in [6.45, 7) is 5.23. The summed E-state index contributed by atoms with van der Waals surface area (Å²) < 4.78 is 63.0. The molecule has 0 aliphatic rings. The van der Waals surface area contributed by atoms with Gasteiger partial charge in [-0.2, -0.15) is 13.2 Å². The third-order valence-electron chi connectivity index (χ3n) is 1.47. The van der Waals surface area contributed by atoms with Gasteiger partial charge in [0.25, 0.3) is 0 Å². The van der Waals surface area contributed by atoms with Gasteiger partial charge in [-0.15, -0.1) is 0 Å². The lowest BCUT2D eigenvalue weighted by Crippen LogP contribution is -2.43. The lowest BCUT2D eigenvalue weighted by Gasteiger charge is -2.15. The van der Waals surface area contributed by atoms with E-state index in [4.69, 9.17) is 0 Å². The van der Waals surface area contributed by atoms with E-state index in [2.05, 4.69) is 11.3 Å². The molecule has 5 nitrogen and oxygen atoms in total. The molecule has 0 heterocycles. The highest BCUT2D eigenvalue weighted by atomic mass is 32.2. The fourth-order valence-corrected chi connectivity index (χ4v) is 1.42. The van der Waals surface area contributed by atoms with Gasteiger partial charge in [0.1, 0.15) is 6.61 Å². The summed E-state index contributed by atoms with van der Waals surface area (Å²) in [5.41, 5.74) is -5.32. The monoisotopic (exact) mass is 275 g/mol. The Morgan fingerprint density at radius 1 is 1.47 bits per heavy atom. The second kappa shape index (κ2) is 5.50. The molecule has 17 heavy (non-hydrogen) atoms. The first kappa shape index (κ1) is 15.9. The van der Waals surface area contributed by atoms with Crippen LogP contribution in [-0.2, 0) is 19.6 Å². The summed E-state index contributed by atoms with van der Waals surface area (Å²) >= 11 is 0. The van der Waals surface area contributed by atoms with Crippen molar-refractivity contribution in [2.45, 2.75) is 25.4 Å². The van der Waals surface area contributed by atoms with Crippen molar-refractivity contribution in [2.24, 2.45) is 0 Å². The highest BCUT2D eigenvalue weighted by Gasteiger charge is 2.46. The summed E-state index contributed by atoms with van der Waals surface area (Å²) in [6, 6.07) is -1.19. The maximum atomic E-state index is 11.9. The molecule has 0 aromatic heterocycles. The topological polar surface area (TPSA) is 72.5 Å². The number of esters is 1. The number of sulfonamides is 1. The van der Waals surface area contributed by atoms with Crippen LogP contribution < -0.4 is 4.72 Å². The van der Waals surface area contributed by atoms with Crippen LogP contribution in [0.25, 0.3) is 0 Å². The smallest absolute Gasteiger partial charge is 0.461 e. The first-order valence-corrected chi connectivity index (χ1v) is 5.87. The van der Waals surface area contributed by atoms with Gasteiger partial charge in [0.05, 0.1) is 6.04 Å². The van der Waals surface area contributed by atoms with Crippen molar-refractivity contribution in [2.75, 3.05) is 6.61 Å². The van der Waals surface area contributed by atoms with Gasteiger partial charge < -0.3 is 4.74 Å². The molecule has 1 atom stereocenters. The normalized spacial score (nSPS) is 14.2. The highest BCUT2D eigenvalue weighted by molar-refractivity contribution is 7.90. The summed E-state index contributed by atoms with van der Waals surface area (Å²) in [7, 11) is -5.43. The van der Waals surface area contributed by atoms with Crippen LogP contribution in [0, 0.1) is 0 Å². The van der Waals surface area contributed by atoms with Crippen LogP contribution in [0.3, 0.4) is 0 Å². The predicted octanol–water partition coefficient (Wildman–Crippen LogP) is 0.933. The van der Waals surface area contributed by atoms with Crippen LogP contribution in [-0.4, -0.2) is 32.5 Å². The van der Waals surface area contributed by atoms with Crippen molar-refractivity contribution in [3.05, 3.63) is 12.2 Å². The van der Waals surface area contributed by atoms with E-state index in [0.29, 0.717) is 0 Å². The molecule has 9 heteroatoms. The van der Waals surface area contributed by atoms with E-state index < -0.39 is 34.1 Å². The minimum atomic E-state index is -5.43. The number of alkyl halides is 3. The number of carbonyl (C=O) groups is 1. The van der Waals surface area contributed by atoms with E-state index in [1.54, 1.807) is 0 Å². The van der Waals surface area contributed by atoms with Crippen LogP contribution >= 0.6 is 0 Å². The minimum Gasteiger partial charge on any atom is -0.461 e. The molecule has 0 aromatic rings. The molecule has 0 fully saturated rings. The Kier molecular flexibility index (Phi) is 5.14. The zero-order chi connectivity index (χ0) is 13.9. The number of rotatable bonds is 5. The van der Waals surface area contributed by atoms with E-state index in [0.717, 1.165) is 6.92 Å². The van der Waals surface area contributed by atoms with E-state index >= 15 is 0 Å². The maximum absolute atomic E-state index is 11.9. The van der Waals surface area contributed by atoms with Crippen molar-refractivity contribution >= 4 is 16.0 Å². The quantitative estimate of drug-likeness (QED) is 0.598. The fraction of sp³-hybridized carbons (Fsp3) is 0.625. The maximum Gasteiger partial charge on any atom is 0.511 e. The van der Waals surface area contributed by atoms with Gasteiger partial charge in [0, 0.05) is 5.57 Å². The number of ether oxygens (including phenoxy) is 1. The summed E-state index contributed by atoms with van der Waals surface area (Å²) in [5, 5.41) is 0. The molecule has 100 valence electrons. The molecule has 0 saturated heterocycles. The molecule has 0 rings (SSSR count). The summed E-state index contributed by atoms with van der Waals surface area (Å²) in [5.74, 6) is -0.803. The van der Waals surface area contributed by atoms with Gasteiger partial charge in [-0.05, 0) is 13.8 Å². The molecule has 0 aromatic carbocycles. The third kappa shape index (κ3) is 5.18. The van der Waals surface area contributed by atoms with Crippen LogP contribution in [0.2, 0.25) is 0 Å². The first-order chi connectivity index (χ1) is 7.47. The first-order valence-electron chi connectivity index (χ1n) is 4.38. The van der Waals surface area contributed by atoms with Crippen molar-refractivity contribution < 1.29 is 31.1 Å². The zero-order valence-corrected chi connectivity index (χ0v) is 9.98. The molecule has 0 aliphatic carbocycles. The Labute approximate surface area is 96.7 Å². The Morgan fingerprint density at radius 2 is 1.94 bits per heavy atom. The molecule has 1 N–H and O–H groups in total. The lowest BCUT2D eigenvalue weighted by molar-refractivity contribution is -0.139. The van der Waals surface area contributed by atoms with Gasteiger partial charge in [0.15, 0.2) is 0 Å². The second-order valence-corrected chi connectivity index (χ2v) is 5.05. The Bertz CT molecular complexity index is 401. The molecule has 0 spiro atoms. The van der Waals surface area contributed by atoms with Crippen molar-refractivity contribution in [1.82, 2.24) is 4.72 Å². The van der Waals surface area contributed by atoms with Crippen molar-refractivity contribution in [3.8, 4) is 0 Å². The second-order valence-electron chi connectivity index (χ2n) is 3.35. The molecule has 0 bridgehead atoms. The minimum absolute atomic E-state index is 0.0656.